The number of carbonyl (C=O) groups is 1. The molecule has 0 aromatic carbocycles. The smallest absolute Gasteiger partial charge is 0.466 e. The normalized spacial score (nSPS) is 19.0. The van der Waals surface area contributed by atoms with Gasteiger partial charge in [0.1, 0.15) is 0 Å². The Morgan fingerprint density at radius 1 is 1.35 bits per heavy atom. The predicted octanol–water partition coefficient (Wildman–Crippen LogP) is 3.03. The van der Waals surface area contributed by atoms with Crippen LogP contribution in [-0.4, -0.2) is 46.1 Å². The van der Waals surface area contributed by atoms with Gasteiger partial charge in [-0.05, 0) is 25.7 Å². The lowest BCUT2D eigenvalue weighted by molar-refractivity contribution is -0.143. The molecule has 132 valence electrons. The zero-order valence-corrected chi connectivity index (χ0v) is 15.0. The van der Waals surface area contributed by atoms with Crippen molar-refractivity contribution in [2.45, 2.75) is 47.0 Å². The van der Waals surface area contributed by atoms with E-state index in [9.17, 15) is 4.79 Å². The monoisotopic (exact) mass is 326 g/mol. The van der Waals surface area contributed by atoms with Crippen molar-refractivity contribution in [3.05, 3.63) is 12.1 Å². The van der Waals surface area contributed by atoms with E-state index in [1.165, 1.54) is 0 Å². The minimum absolute atomic E-state index is 0.0970. The lowest BCUT2D eigenvalue weighted by atomic mass is 9.83. The summed E-state index contributed by atoms with van der Waals surface area (Å²) >= 11 is 0. The fourth-order valence-electron chi connectivity index (χ4n) is 2.23. The number of esters is 1. The van der Waals surface area contributed by atoms with Crippen LogP contribution in [0.3, 0.4) is 0 Å². The molecule has 5 nitrogen and oxygen atoms in total. The highest BCUT2D eigenvalue weighted by molar-refractivity contribution is 6.50. The lowest BCUT2D eigenvalue weighted by Crippen LogP contribution is -2.39. The molecule has 0 N–H and O–H groups in total. The van der Waals surface area contributed by atoms with Crippen molar-refractivity contribution in [3.8, 4) is 0 Å². The number of hydrogen-bond acceptors (Lipinski definition) is 5. The Morgan fingerprint density at radius 2 is 2.04 bits per heavy atom. The van der Waals surface area contributed by atoms with Crippen LogP contribution >= 0.6 is 0 Å². The van der Waals surface area contributed by atoms with E-state index in [1.807, 2.05) is 19.0 Å². The Bertz CT molecular complexity index is 360. The van der Waals surface area contributed by atoms with Crippen LogP contribution in [0.1, 0.15) is 47.0 Å². The molecule has 23 heavy (non-hydrogen) atoms. The van der Waals surface area contributed by atoms with Gasteiger partial charge in [-0.3, -0.25) is 4.79 Å². The fourth-order valence-corrected chi connectivity index (χ4v) is 2.23. The fraction of sp³-hybridized carbons (Fsp3) is 0.824. The van der Waals surface area contributed by atoms with Crippen molar-refractivity contribution >= 4 is 13.1 Å². The molecule has 1 fully saturated rings. The van der Waals surface area contributed by atoms with E-state index >= 15 is 0 Å². The first kappa shape index (κ1) is 20.2. The molecular formula is C17H31BO5. The molecule has 0 aromatic rings. The van der Waals surface area contributed by atoms with Crippen LogP contribution in [0.15, 0.2) is 12.1 Å². The van der Waals surface area contributed by atoms with Gasteiger partial charge in [-0.1, -0.05) is 32.8 Å². The van der Waals surface area contributed by atoms with Crippen molar-refractivity contribution in [1.82, 2.24) is 0 Å². The molecule has 1 heterocycles. The Kier molecular flexibility index (Phi) is 9.52. The van der Waals surface area contributed by atoms with Crippen LogP contribution in [0.5, 0.6) is 0 Å². The lowest BCUT2D eigenvalue weighted by Gasteiger charge is -2.31. The summed E-state index contributed by atoms with van der Waals surface area (Å²) in [5.74, 6) is 2.22. The molecule has 1 atom stereocenters. The Labute approximate surface area is 140 Å². The largest absolute Gasteiger partial charge is 0.485 e. The van der Waals surface area contributed by atoms with Crippen LogP contribution in [-0.2, 0) is 23.6 Å². The highest BCUT2D eigenvalue weighted by Crippen LogP contribution is 2.21. The van der Waals surface area contributed by atoms with Gasteiger partial charge >= 0.3 is 13.1 Å². The molecule has 1 rings (SSSR count). The molecule has 0 aromatic heterocycles. The summed E-state index contributed by atoms with van der Waals surface area (Å²) in [6, 6.07) is 0. The highest BCUT2D eigenvalue weighted by atomic mass is 16.6. The van der Waals surface area contributed by atoms with Crippen LogP contribution in [0.25, 0.3) is 0 Å². The average molecular weight is 326 g/mol. The standard InChI is InChI=1S/C17H31BO5/c1-5-21-16(19)9-6-8-15(2)12-20-11-7-10-18-22-13-17(3,4)14-23-18/h7,10,15H,5-6,8-9,11-14H2,1-4H3/b10-7+/t15-/m0/s1. The van der Waals surface area contributed by atoms with E-state index in [0.29, 0.717) is 45.4 Å². The van der Waals surface area contributed by atoms with E-state index in [2.05, 4.69) is 20.8 Å². The zero-order chi connectivity index (χ0) is 17.1. The van der Waals surface area contributed by atoms with E-state index in [4.69, 9.17) is 18.8 Å². The Balaban J connectivity index is 2.01. The second-order valence-electron chi connectivity index (χ2n) is 6.92. The van der Waals surface area contributed by atoms with Crippen LogP contribution in [0, 0.1) is 11.3 Å². The molecule has 0 spiro atoms. The van der Waals surface area contributed by atoms with Gasteiger partial charge in [-0.15, -0.1) is 0 Å². The average Bonchev–Trinajstić information content (AvgIpc) is 2.48. The maximum absolute atomic E-state index is 11.2. The third-order valence-electron chi connectivity index (χ3n) is 3.57. The highest BCUT2D eigenvalue weighted by Gasteiger charge is 2.30. The quantitative estimate of drug-likeness (QED) is 0.351. The van der Waals surface area contributed by atoms with Crippen molar-refractivity contribution < 1.29 is 23.6 Å². The Morgan fingerprint density at radius 3 is 2.70 bits per heavy atom. The first-order chi connectivity index (χ1) is 10.9. The summed E-state index contributed by atoms with van der Waals surface area (Å²) < 4.78 is 21.7. The van der Waals surface area contributed by atoms with Gasteiger partial charge < -0.3 is 18.8 Å². The number of carbonyl (C=O) groups excluding carboxylic acids is 1. The van der Waals surface area contributed by atoms with E-state index in [1.54, 1.807) is 0 Å². The van der Waals surface area contributed by atoms with Crippen LogP contribution in [0.4, 0.5) is 0 Å². The van der Waals surface area contributed by atoms with Crippen molar-refractivity contribution in [2.75, 3.05) is 33.0 Å². The van der Waals surface area contributed by atoms with Crippen LogP contribution < -0.4 is 0 Å². The van der Waals surface area contributed by atoms with Gasteiger partial charge in [-0.2, -0.15) is 0 Å². The molecule has 0 unspecified atom stereocenters. The molecule has 1 aliphatic rings. The molecule has 0 saturated carbocycles. The van der Waals surface area contributed by atoms with E-state index in [-0.39, 0.29) is 18.5 Å². The van der Waals surface area contributed by atoms with Crippen molar-refractivity contribution in [3.63, 3.8) is 0 Å². The third-order valence-corrected chi connectivity index (χ3v) is 3.57. The van der Waals surface area contributed by atoms with Gasteiger partial charge in [0.15, 0.2) is 0 Å². The van der Waals surface area contributed by atoms with Crippen molar-refractivity contribution in [2.24, 2.45) is 11.3 Å². The molecule has 1 aliphatic heterocycles. The Hall–Kier alpha value is -0.845. The van der Waals surface area contributed by atoms with Gasteiger partial charge in [0, 0.05) is 31.7 Å². The summed E-state index contributed by atoms with van der Waals surface area (Å²) in [6.45, 7) is 11.3. The molecule has 0 radical (unpaired) electrons. The first-order valence-corrected chi connectivity index (χ1v) is 8.56. The first-order valence-electron chi connectivity index (χ1n) is 8.56. The second kappa shape index (κ2) is 10.8. The maximum Gasteiger partial charge on any atom is 0.485 e. The van der Waals surface area contributed by atoms with E-state index in [0.717, 1.165) is 12.8 Å². The van der Waals surface area contributed by atoms with Crippen LogP contribution in [0.2, 0.25) is 0 Å². The number of ether oxygens (including phenoxy) is 2. The van der Waals surface area contributed by atoms with Gasteiger partial charge in [0.2, 0.25) is 0 Å². The zero-order valence-electron chi connectivity index (χ0n) is 15.0. The third kappa shape index (κ3) is 9.79. The van der Waals surface area contributed by atoms with E-state index < -0.39 is 0 Å². The minimum atomic E-state index is -0.256. The second-order valence-corrected chi connectivity index (χ2v) is 6.92. The molecule has 0 amide bonds. The summed E-state index contributed by atoms with van der Waals surface area (Å²) in [5, 5.41) is 0. The summed E-state index contributed by atoms with van der Waals surface area (Å²) in [5.41, 5.74) is 0.0970. The molecular weight excluding hydrogens is 295 g/mol. The summed E-state index contributed by atoms with van der Waals surface area (Å²) in [7, 11) is -0.256. The number of hydrogen-bond donors (Lipinski definition) is 0. The molecule has 1 saturated heterocycles. The van der Waals surface area contributed by atoms with Gasteiger partial charge in [0.05, 0.1) is 13.2 Å². The van der Waals surface area contributed by atoms with Gasteiger partial charge in [0.25, 0.3) is 0 Å². The molecule has 0 aliphatic carbocycles. The molecule has 0 bridgehead atoms. The topological polar surface area (TPSA) is 54.0 Å². The van der Waals surface area contributed by atoms with Crippen molar-refractivity contribution in [1.29, 1.82) is 0 Å². The molecule has 6 heteroatoms. The maximum atomic E-state index is 11.2. The minimum Gasteiger partial charge on any atom is -0.466 e. The van der Waals surface area contributed by atoms with Gasteiger partial charge in [-0.25, -0.2) is 0 Å². The SMILES string of the molecule is CCOC(=O)CCC[C@H](C)COC/C=C/B1OCC(C)(C)CO1. The predicted molar refractivity (Wildman–Crippen MR) is 91.0 cm³/mol. The summed E-state index contributed by atoms with van der Waals surface area (Å²) in [4.78, 5) is 11.2. The number of rotatable bonds is 10. The summed E-state index contributed by atoms with van der Waals surface area (Å²) in [6.07, 6.45) is 4.24.